The molecule has 1 nitrogen and oxygen atoms in total. The first-order chi connectivity index (χ1) is 9.88. The van der Waals surface area contributed by atoms with E-state index in [4.69, 9.17) is 16.3 Å². The van der Waals surface area contributed by atoms with Gasteiger partial charge in [0.25, 0.3) is 0 Å². The van der Waals surface area contributed by atoms with Crippen LogP contribution in [-0.2, 0) is 12.6 Å². The molecule has 1 heterocycles. The molecule has 0 fully saturated rings. The number of alkyl halides is 3. The normalized spacial score (nSPS) is 13.0. The predicted octanol–water partition coefficient (Wildman–Crippen LogP) is 5.74. The second-order valence-electron chi connectivity index (χ2n) is 4.34. The van der Waals surface area contributed by atoms with Crippen LogP contribution in [0.5, 0.6) is 5.75 Å². The zero-order valence-electron chi connectivity index (χ0n) is 10.8. The number of hydrogen-bond donors (Lipinski definition) is 0. The lowest BCUT2D eigenvalue weighted by Crippen LogP contribution is -2.05. The standard InChI is InChI=1S/C9H6ClF3O.C6H5Br/c10-7-4-6(9(11,12)13)3-5-1-2-14-8(5)7;7-6-4-2-1-3-5-6/h3-4H,1-2H2;1-5H. The highest BCUT2D eigenvalue weighted by molar-refractivity contribution is 9.10. The summed E-state index contributed by atoms with van der Waals surface area (Å²) in [4.78, 5) is 0. The molecule has 0 saturated heterocycles. The Balaban J connectivity index is 0.000000194. The minimum atomic E-state index is -4.35. The second kappa shape index (κ2) is 6.71. The van der Waals surface area contributed by atoms with Gasteiger partial charge in [0.05, 0.1) is 17.2 Å². The van der Waals surface area contributed by atoms with Crippen LogP contribution in [0.15, 0.2) is 46.9 Å². The number of hydrogen-bond acceptors (Lipinski definition) is 1. The highest BCUT2D eigenvalue weighted by Crippen LogP contribution is 2.39. The van der Waals surface area contributed by atoms with Crippen molar-refractivity contribution in [2.75, 3.05) is 6.61 Å². The van der Waals surface area contributed by atoms with Gasteiger partial charge in [0, 0.05) is 10.9 Å². The highest BCUT2D eigenvalue weighted by atomic mass is 79.9. The van der Waals surface area contributed by atoms with Gasteiger partial charge in [-0.05, 0) is 29.8 Å². The van der Waals surface area contributed by atoms with E-state index in [-0.39, 0.29) is 5.02 Å². The van der Waals surface area contributed by atoms with E-state index in [1.807, 2.05) is 30.3 Å². The van der Waals surface area contributed by atoms with Crippen molar-refractivity contribution in [1.29, 1.82) is 0 Å². The average molecular weight is 380 g/mol. The summed E-state index contributed by atoms with van der Waals surface area (Å²) in [7, 11) is 0. The maximum Gasteiger partial charge on any atom is 0.416 e. The van der Waals surface area contributed by atoms with E-state index >= 15 is 0 Å². The maximum absolute atomic E-state index is 12.3. The minimum absolute atomic E-state index is 0.0346. The van der Waals surface area contributed by atoms with E-state index in [0.717, 1.165) is 16.6 Å². The van der Waals surface area contributed by atoms with Crippen LogP contribution in [0.25, 0.3) is 0 Å². The molecule has 0 amide bonds. The molecule has 0 aliphatic carbocycles. The molecule has 2 aromatic carbocycles. The summed E-state index contributed by atoms with van der Waals surface area (Å²) < 4.78 is 43.2. The molecule has 0 atom stereocenters. The molecule has 3 rings (SSSR count). The van der Waals surface area contributed by atoms with Gasteiger partial charge in [0.15, 0.2) is 0 Å². The molecule has 21 heavy (non-hydrogen) atoms. The van der Waals surface area contributed by atoms with Crippen LogP contribution in [-0.4, -0.2) is 6.61 Å². The van der Waals surface area contributed by atoms with Gasteiger partial charge >= 0.3 is 6.18 Å². The zero-order chi connectivity index (χ0) is 15.5. The van der Waals surface area contributed by atoms with E-state index in [1.54, 1.807) is 0 Å². The smallest absolute Gasteiger partial charge is 0.416 e. The number of halogens is 5. The van der Waals surface area contributed by atoms with Crippen LogP contribution in [0, 0.1) is 0 Å². The number of benzene rings is 2. The lowest BCUT2D eigenvalue weighted by atomic mass is 10.1. The lowest BCUT2D eigenvalue weighted by molar-refractivity contribution is -0.137. The summed E-state index contributed by atoms with van der Waals surface area (Å²) in [5.41, 5.74) is -0.184. The van der Waals surface area contributed by atoms with E-state index in [0.29, 0.717) is 24.3 Å². The van der Waals surface area contributed by atoms with Crippen LogP contribution >= 0.6 is 27.5 Å². The first-order valence-corrected chi connectivity index (χ1v) is 7.28. The maximum atomic E-state index is 12.3. The Morgan fingerprint density at radius 1 is 1.10 bits per heavy atom. The molecular formula is C15H11BrClF3O. The molecule has 112 valence electrons. The summed E-state index contributed by atoms with van der Waals surface area (Å²) >= 11 is 8.97. The summed E-state index contributed by atoms with van der Waals surface area (Å²) in [6, 6.07) is 12.0. The second-order valence-corrected chi connectivity index (χ2v) is 5.66. The van der Waals surface area contributed by atoms with Crippen LogP contribution in [0.3, 0.4) is 0 Å². The molecule has 0 saturated carbocycles. The Labute approximate surface area is 133 Å². The molecule has 0 radical (unpaired) electrons. The Bertz CT molecular complexity index is 614. The Kier molecular flexibility index (Phi) is 5.17. The van der Waals surface area contributed by atoms with E-state index in [2.05, 4.69) is 15.9 Å². The van der Waals surface area contributed by atoms with Crippen molar-refractivity contribution in [3.63, 3.8) is 0 Å². The highest BCUT2D eigenvalue weighted by Gasteiger charge is 2.33. The predicted molar refractivity (Wildman–Crippen MR) is 79.8 cm³/mol. The van der Waals surface area contributed by atoms with Crippen molar-refractivity contribution < 1.29 is 17.9 Å². The van der Waals surface area contributed by atoms with Gasteiger partial charge in [0.1, 0.15) is 5.75 Å². The van der Waals surface area contributed by atoms with Crippen LogP contribution in [0.2, 0.25) is 5.02 Å². The van der Waals surface area contributed by atoms with Crippen LogP contribution in [0.1, 0.15) is 11.1 Å². The first kappa shape index (κ1) is 16.2. The topological polar surface area (TPSA) is 9.23 Å². The quantitative estimate of drug-likeness (QED) is 0.567. The molecule has 1 aliphatic rings. The van der Waals surface area contributed by atoms with Gasteiger partial charge in [-0.15, -0.1) is 0 Å². The number of fused-ring (bicyclic) bond motifs is 1. The summed E-state index contributed by atoms with van der Waals surface area (Å²) in [5, 5.41) is 0.0346. The summed E-state index contributed by atoms with van der Waals surface area (Å²) in [6.45, 7) is 0.399. The summed E-state index contributed by atoms with van der Waals surface area (Å²) in [6.07, 6.45) is -3.86. The number of rotatable bonds is 0. The van der Waals surface area contributed by atoms with Gasteiger partial charge in [-0.25, -0.2) is 0 Å². The van der Waals surface area contributed by atoms with Crippen molar-refractivity contribution in [3.05, 3.63) is 63.1 Å². The van der Waals surface area contributed by atoms with Crippen LogP contribution < -0.4 is 4.74 Å². The molecule has 0 unspecified atom stereocenters. The minimum Gasteiger partial charge on any atom is -0.491 e. The van der Waals surface area contributed by atoms with Crippen molar-refractivity contribution in [2.45, 2.75) is 12.6 Å². The van der Waals surface area contributed by atoms with Gasteiger partial charge in [-0.1, -0.05) is 45.7 Å². The van der Waals surface area contributed by atoms with Gasteiger partial charge in [-0.2, -0.15) is 13.2 Å². The van der Waals surface area contributed by atoms with Crippen molar-refractivity contribution in [1.82, 2.24) is 0 Å². The third kappa shape index (κ3) is 4.38. The molecule has 1 aliphatic heterocycles. The Morgan fingerprint density at radius 3 is 2.29 bits per heavy atom. The molecular weight excluding hydrogens is 369 g/mol. The van der Waals surface area contributed by atoms with Crippen LogP contribution in [0.4, 0.5) is 13.2 Å². The fourth-order valence-electron chi connectivity index (χ4n) is 1.84. The summed E-state index contributed by atoms with van der Waals surface area (Å²) in [5.74, 6) is 0.389. The average Bonchev–Trinajstić information content (AvgIpc) is 2.88. The first-order valence-electron chi connectivity index (χ1n) is 6.11. The molecule has 0 bridgehead atoms. The monoisotopic (exact) mass is 378 g/mol. The lowest BCUT2D eigenvalue weighted by Gasteiger charge is -2.09. The van der Waals surface area contributed by atoms with E-state index in [9.17, 15) is 13.2 Å². The molecule has 0 aromatic heterocycles. The van der Waals surface area contributed by atoms with Gasteiger partial charge in [-0.3, -0.25) is 0 Å². The molecule has 0 N–H and O–H groups in total. The van der Waals surface area contributed by atoms with Crippen molar-refractivity contribution in [3.8, 4) is 5.75 Å². The molecule has 6 heteroatoms. The van der Waals surface area contributed by atoms with Crippen molar-refractivity contribution in [2.24, 2.45) is 0 Å². The number of ether oxygens (including phenoxy) is 1. The van der Waals surface area contributed by atoms with E-state index in [1.165, 1.54) is 0 Å². The Hall–Kier alpha value is -1.20. The van der Waals surface area contributed by atoms with Gasteiger partial charge < -0.3 is 4.74 Å². The van der Waals surface area contributed by atoms with E-state index < -0.39 is 11.7 Å². The van der Waals surface area contributed by atoms with Crippen molar-refractivity contribution >= 4 is 27.5 Å². The fourth-order valence-corrected chi connectivity index (χ4v) is 2.44. The van der Waals surface area contributed by atoms with Gasteiger partial charge in [0.2, 0.25) is 0 Å². The SMILES string of the molecule is Brc1ccccc1.FC(F)(F)c1cc(Cl)c2c(c1)CCO2. The Morgan fingerprint density at radius 2 is 1.76 bits per heavy atom. The largest absolute Gasteiger partial charge is 0.491 e. The molecule has 2 aromatic rings. The molecule has 0 spiro atoms. The third-order valence-corrected chi connectivity index (χ3v) is 3.61. The fraction of sp³-hybridized carbons (Fsp3) is 0.200. The third-order valence-electron chi connectivity index (χ3n) is 2.80. The zero-order valence-corrected chi connectivity index (χ0v) is 13.1.